The second-order valence-electron chi connectivity index (χ2n) is 4.28. The molecule has 0 aromatic carbocycles. The van der Waals surface area contributed by atoms with Crippen molar-refractivity contribution >= 4 is 20.9 Å². The quantitative estimate of drug-likeness (QED) is 0.342. The molecule has 20 heavy (non-hydrogen) atoms. The zero-order valence-corrected chi connectivity index (χ0v) is 12.2. The van der Waals surface area contributed by atoms with Gasteiger partial charge in [-0.25, -0.2) is 0 Å². The molecule has 0 spiro atoms. The summed E-state index contributed by atoms with van der Waals surface area (Å²) in [5.74, 6) is -0.277. The first kappa shape index (κ1) is 17.0. The van der Waals surface area contributed by atoms with Gasteiger partial charge in [0.1, 0.15) is 6.23 Å². The lowest BCUT2D eigenvalue weighted by Gasteiger charge is -2.22. The first-order valence-electron chi connectivity index (χ1n) is 6.07. The van der Waals surface area contributed by atoms with E-state index in [-0.39, 0.29) is 18.6 Å². The molecule has 2 unspecified atom stereocenters. The Bertz CT molecular complexity index is 376. The van der Waals surface area contributed by atoms with Gasteiger partial charge in [0.05, 0.1) is 12.7 Å². The van der Waals surface area contributed by atoms with Crippen molar-refractivity contribution in [3.63, 3.8) is 0 Å². The molecule has 0 aromatic rings. The van der Waals surface area contributed by atoms with Gasteiger partial charge in [0.25, 0.3) is 0 Å². The van der Waals surface area contributed by atoms with Gasteiger partial charge in [-0.1, -0.05) is 0 Å². The van der Waals surface area contributed by atoms with Crippen LogP contribution >= 0.6 is 8.60 Å². The third-order valence-electron chi connectivity index (χ3n) is 2.84. The molecule has 1 aliphatic rings. The highest BCUT2D eigenvalue weighted by atomic mass is 31.2. The summed E-state index contributed by atoms with van der Waals surface area (Å²) in [4.78, 5) is 41.1. The van der Waals surface area contributed by atoms with Crippen LogP contribution < -0.4 is 5.32 Å². The maximum absolute atomic E-state index is 11.4. The Labute approximate surface area is 118 Å². The van der Waals surface area contributed by atoms with Crippen molar-refractivity contribution in [2.45, 2.75) is 32.1 Å². The molecule has 114 valence electrons. The molecule has 9 heteroatoms. The summed E-state index contributed by atoms with van der Waals surface area (Å²) in [6.45, 7) is 1.65. The SMILES string of the molecule is CNC(=O)/C(C)=C\N(C=O)C1CCC(COP(O)O)O1. The Morgan fingerprint density at radius 2 is 2.25 bits per heavy atom. The summed E-state index contributed by atoms with van der Waals surface area (Å²) in [6, 6.07) is 0. The molecule has 2 amide bonds. The van der Waals surface area contributed by atoms with E-state index in [0.717, 1.165) is 0 Å². The number of hydrogen-bond donors (Lipinski definition) is 3. The van der Waals surface area contributed by atoms with E-state index in [4.69, 9.17) is 14.5 Å². The van der Waals surface area contributed by atoms with Crippen molar-refractivity contribution in [3.8, 4) is 0 Å². The van der Waals surface area contributed by atoms with E-state index in [1.807, 2.05) is 0 Å². The Morgan fingerprint density at radius 3 is 2.80 bits per heavy atom. The summed E-state index contributed by atoms with van der Waals surface area (Å²) in [6.07, 6.45) is 2.44. The minimum absolute atomic E-state index is 0.0556. The van der Waals surface area contributed by atoms with Crippen molar-refractivity contribution in [3.05, 3.63) is 11.8 Å². The Balaban J connectivity index is 2.56. The van der Waals surface area contributed by atoms with Gasteiger partial charge >= 0.3 is 8.60 Å². The highest BCUT2D eigenvalue weighted by Crippen LogP contribution is 2.29. The average Bonchev–Trinajstić information content (AvgIpc) is 2.89. The Morgan fingerprint density at radius 1 is 1.55 bits per heavy atom. The van der Waals surface area contributed by atoms with Crippen molar-refractivity contribution in [1.82, 2.24) is 10.2 Å². The number of ether oxygens (including phenoxy) is 1. The fraction of sp³-hybridized carbons (Fsp3) is 0.636. The normalized spacial score (nSPS) is 22.9. The third kappa shape index (κ3) is 5.15. The van der Waals surface area contributed by atoms with Gasteiger partial charge in [0.15, 0.2) is 0 Å². The zero-order valence-electron chi connectivity index (χ0n) is 11.4. The standard InChI is InChI=1S/C11H19N2O6P/c1-8(11(15)12-2)5-13(7-14)10-4-3-9(19-10)6-18-20(16)17/h5,7,9-10,16-17H,3-4,6H2,1-2H3,(H,12,15)/b8-5-. The zero-order chi connectivity index (χ0) is 15.1. The van der Waals surface area contributed by atoms with Crippen LogP contribution in [-0.2, 0) is 18.8 Å². The summed E-state index contributed by atoms with van der Waals surface area (Å²) in [5, 5.41) is 2.46. The molecule has 0 aromatic heterocycles. The van der Waals surface area contributed by atoms with E-state index in [9.17, 15) is 9.59 Å². The van der Waals surface area contributed by atoms with E-state index in [2.05, 4.69) is 9.84 Å². The van der Waals surface area contributed by atoms with Gasteiger partial charge in [-0.2, -0.15) is 0 Å². The predicted molar refractivity (Wildman–Crippen MR) is 70.9 cm³/mol. The monoisotopic (exact) mass is 306 g/mol. The van der Waals surface area contributed by atoms with E-state index in [1.54, 1.807) is 6.92 Å². The van der Waals surface area contributed by atoms with Crippen molar-refractivity contribution < 1.29 is 28.6 Å². The van der Waals surface area contributed by atoms with Crippen molar-refractivity contribution in [2.75, 3.05) is 13.7 Å². The van der Waals surface area contributed by atoms with Crippen LogP contribution in [0.1, 0.15) is 19.8 Å². The smallest absolute Gasteiger partial charge is 0.327 e. The van der Waals surface area contributed by atoms with Crippen molar-refractivity contribution in [2.24, 2.45) is 0 Å². The van der Waals surface area contributed by atoms with Gasteiger partial charge < -0.3 is 24.4 Å². The molecule has 1 aliphatic heterocycles. The average molecular weight is 306 g/mol. The lowest BCUT2D eigenvalue weighted by molar-refractivity contribution is -0.127. The van der Waals surface area contributed by atoms with Gasteiger partial charge in [0.2, 0.25) is 12.3 Å². The first-order valence-corrected chi connectivity index (χ1v) is 7.24. The van der Waals surface area contributed by atoms with Crippen LogP contribution in [-0.4, -0.2) is 53.0 Å². The molecule has 0 bridgehead atoms. The lowest BCUT2D eigenvalue weighted by Crippen LogP contribution is -2.32. The predicted octanol–water partition coefficient (Wildman–Crippen LogP) is -0.172. The summed E-state index contributed by atoms with van der Waals surface area (Å²) in [7, 11) is -0.896. The van der Waals surface area contributed by atoms with Crippen molar-refractivity contribution in [1.29, 1.82) is 0 Å². The molecular formula is C11H19N2O6P. The number of hydrogen-bond acceptors (Lipinski definition) is 6. The number of carbonyl (C=O) groups is 2. The highest BCUT2D eigenvalue weighted by Gasteiger charge is 2.29. The summed E-state index contributed by atoms with van der Waals surface area (Å²) >= 11 is 0. The molecule has 3 N–H and O–H groups in total. The van der Waals surface area contributed by atoms with Crippen LogP contribution in [0.25, 0.3) is 0 Å². The molecular weight excluding hydrogens is 287 g/mol. The molecule has 8 nitrogen and oxygen atoms in total. The van der Waals surface area contributed by atoms with Crippen LogP contribution in [0.4, 0.5) is 0 Å². The second-order valence-corrected chi connectivity index (χ2v) is 5.05. The van der Waals surface area contributed by atoms with Gasteiger partial charge in [-0.05, 0) is 19.8 Å². The first-order chi connectivity index (χ1) is 9.47. The van der Waals surface area contributed by atoms with Gasteiger partial charge in [-0.3, -0.25) is 14.5 Å². The minimum atomic E-state index is -2.40. The fourth-order valence-electron chi connectivity index (χ4n) is 1.84. The maximum Gasteiger partial charge on any atom is 0.327 e. The Hall–Kier alpha value is -1.05. The minimum Gasteiger partial charge on any atom is -0.355 e. The van der Waals surface area contributed by atoms with Crippen LogP contribution in [0.3, 0.4) is 0 Å². The topological polar surface area (TPSA) is 108 Å². The van der Waals surface area contributed by atoms with Crippen LogP contribution in [0, 0.1) is 0 Å². The number of carbonyl (C=O) groups excluding carboxylic acids is 2. The van der Waals surface area contributed by atoms with Gasteiger partial charge in [0, 0.05) is 18.8 Å². The van der Waals surface area contributed by atoms with E-state index in [0.29, 0.717) is 24.8 Å². The molecule has 1 rings (SSSR count). The highest BCUT2D eigenvalue weighted by molar-refractivity contribution is 7.39. The summed E-state index contributed by atoms with van der Waals surface area (Å²) in [5.41, 5.74) is 0.386. The molecule has 0 saturated carbocycles. The molecule has 0 radical (unpaired) electrons. The largest absolute Gasteiger partial charge is 0.355 e. The number of nitrogens with one attached hydrogen (secondary N) is 1. The molecule has 1 fully saturated rings. The number of rotatable bonds is 7. The number of nitrogens with zero attached hydrogens (tertiary/aromatic N) is 1. The number of likely N-dealkylation sites (N-methyl/N-ethyl adjacent to an activating group) is 1. The second kappa shape index (κ2) is 8.28. The van der Waals surface area contributed by atoms with Crippen LogP contribution in [0.2, 0.25) is 0 Å². The van der Waals surface area contributed by atoms with Crippen LogP contribution in [0.5, 0.6) is 0 Å². The maximum atomic E-state index is 11.4. The van der Waals surface area contributed by atoms with E-state index >= 15 is 0 Å². The molecule has 1 heterocycles. The lowest BCUT2D eigenvalue weighted by atomic mass is 10.2. The van der Waals surface area contributed by atoms with E-state index in [1.165, 1.54) is 18.1 Å². The number of amides is 2. The molecule has 0 aliphatic carbocycles. The molecule has 1 saturated heterocycles. The van der Waals surface area contributed by atoms with Crippen LogP contribution in [0.15, 0.2) is 11.8 Å². The Kier molecular flexibility index (Phi) is 7.04. The summed E-state index contributed by atoms with van der Waals surface area (Å²) < 4.78 is 10.2. The van der Waals surface area contributed by atoms with E-state index < -0.39 is 14.8 Å². The van der Waals surface area contributed by atoms with Gasteiger partial charge in [-0.15, -0.1) is 0 Å². The molecule has 2 atom stereocenters. The fourth-order valence-corrected chi connectivity index (χ4v) is 2.14. The third-order valence-corrected chi connectivity index (χ3v) is 3.22.